The van der Waals surface area contributed by atoms with Gasteiger partial charge < -0.3 is 9.47 Å². The van der Waals surface area contributed by atoms with Gasteiger partial charge in [-0.25, -0.2) is 9.59 Å². The van der Waals surface area contributed by atoms with E-state index in [1.165, 1.54) is 0 Å². The normalized spacial score (nSPS) is 39.9. The van der Waals surface area contributed by atoms with Crippen LogP contribution in [0.4, 0.5) is 0 Å². The average Bonchev–Trinajstić information content (AvgIpc) is 3.28. The third-order valence-corrected chi connectivity index (χ3v) is 7.29. The molecule has 0 saturated heterocycles. The van der Waals surface area contributed by atoms with E-state index in [1.807, 2.05) is 76.3 Å². The number of fused-ring (bicyclic) bond motifs is 2. The highest BCUT2D eigenvalue weighted by atomic mass is 16.6. The fourth-order valence-corrected chi connectivity index (χ4v) is 4.90. The van der Waals surface area contributed by atoms with E-state index in [0.29, 0.717) is 11.1 Å². The molecule has 0 N–H and O–H groups in total. The minimum atomic E-state index is -0.701. The van der Waals surface area contributed by atoms with Gasteiger partial charge in [0, 0.05) is 11.8 Å². The monoisotopic (exact) mass is 394 g/mol. The first kappa shape index (κ1) is 19.9. The molecular weight excluding hydrogens is 364 g/mol. The predicted molar refractivity (Wildman–Crippen MR) is 112 cm³/mol. The molecule has 4 aliphatic carbocycles. The second-order valence-corrected chi connectivity index (χ2v) is 9.25. The molecule has 2 bridgehead atoms. The first-order chi connectivity index (χ1) is 13.7. The molecule has 0 aromatic heterocycles. The number of rotatable bonds is 4. The summed E-state index contributed by atoms with van der Waals surface area (Å²) in [5.41, 5.74) is -0.302. The van der Waals surface area contributed by atoms with Crippen LogP contribution in [0.25, 0.3) is 0 Å². The first-order valence-corrected chi connectivity index (χ1v) is 10.7. The SMILES string of the molecule is CC1C=CC=CC1(C)OC(=O)C1=C(C(=O)OC2(C)C=CC=CC2C)C2CCC1C2. The van der Waals surface area contributed by atoms with Gasteiger partial charge in [0.1, 0.15) is 11.2 Å². The van der Waals surface area contributed by atoms with Gasteiger partial charge in [-0.1, -0.05) is 50.3 Å². The second-order valence-electron chi connectivity index (χ2n) is 9.25. The molecule has 1 saturated carbocycles. The molecule has 1 fully saturated rings. The van der Waals surface area contributed by atoms with Gasteiger partial charge in [-0.15, -0.1) is 0 Å². The number of hydrogen-bond donors (Lipinski definition) is 0. The Balaban J connectivity index is 1.60. The van der Waals surface area contributed by atoms with Crippen molar-refractivity contribution in [2.45, 2.75) is 58.2 Å². The summed E-state index contributed by atoms with van der Waals surface area (Å²) in [6.07, 6.45) is 18.4. The van der Waals surface area contributed by atoms with E-state index in [1.54, 1.807) is 0 Å². The van der Waals surface area contributed by atoms with E-state index in [0.717, 1.165) is 19.3 Å². The average molecular weight is 395 g/mol. The maximum Gasteiger partial charge on any atom is 0.335 e. The van der Waals surface area contributed by atoms with Crippen LogP contribution < -0.4 is 0 Å². The van der Waals surface area contributed by atoms with Crippen molar-refractivity contribution < 1.29 is 19.1 Å². The van der Waals surface area contributed by atoms with Crippen molar-refractivity contribution in [3.8, 4) is 0 Å². The van der Waals surface area contributed by atoms with E-state index in [4.69, 9.17) is 9.47 Å². The van der Waals surface area contributed by atoms with Gasteiger partial charge >= 0.3 is 11.9 Å². The molecule has 0 heterocycles. The van der Waals surface area contributed by atoms with Crippen molar-refractivity contribution in [1.82, 2.24) is 0 Å². The Morgan fingerprint density at radius 1 is 0.793 bits per heavy atom. The van der Waals surface area contributed by atoms with Gasteiger partial charge in [-0.05, 0) is 57.1 Å². The van der Waals surface area contributed by atoms with Gasteiger partial charge in [0.05, 0.1) is 11.1 Å². The van der Waals surface area contributed by atoms with Crippen LogP contribution in [0.1, 0.15) is 47.0 Å². The molecule has 4 aliphatic rings. The van der Waals surface area contributed by atoms with Gasteiger partial charge in [0.25, 0.3) is 0 Å². The molecule has 0 radical (unpaired) electrons. The van der Waals surface area contributed by atoms with Crippen molar-refractivity contribution >= 4 is 11.9 Å². The number of carbonyl (C=O) groups is 2. The zero-order valence-electron chi connectivity index (χ0n) is 17.7. The number of ether oxygens (including phenoxy) is 2. The molecule has 0 amide bonds. The predicted octanol–water partition coefficient (Wildman–Crippen LogP) is 4.84. The Morgan fingerprint density at radius 3 is 1.59 bits per heavy atom. The summed E-state index contributed by atoms with van der Waals surface area (Å²) < 4.78 is 12.0. The van der Waals surface area contributed by atoms with Crippen molar-refractivity contribution in [3.63, 3.8) is 0 Å². The van der Waals surface area contributed by atoms with E-state index >= 15 is 0 Å². The molecule has 4 nitrogen and oxygen atoms in total. The summed E-state index contributed by atoms with van der Waals surface area (Å²) in [5, 5.41) is 0. The van der Waals surface area contributed by atoms with Gasteiger partial charge in [0.15, 0.2) is 0 Å². The van der Waals surface area contributed by atoms with Crippen molar-refractivity contribution in [1.29, 1.82) is 0 Å². The third kappa shape index (κ3) is 3.43. The van der Waals surface area contributed by atoms with Crippen LogP contribution in [0.3, 0.4) is 0 Å². The summed E-state index contributed by atoms with van der Waals surface area (Å²) in [4.78, 5) is 26.5. The molecule has 6 atom stereocenters. The third-order valence-electron chi connectivity index (χ3n) is 7.29. The summed E-state index contributed by atoms with van der Waals surface area (Å²) >= 11 is 0. The number of carbonyl (C=O) groups excluding carboxylic acids is 2. The molecule has 0 aromatic rings. The fraction of sp³-hybridized carbons (Fsp3) is 0.520. The van der Waals surface area contributed by atoms with Gasteiger partial charge in [0.2, 0.25) is 0 Å². The number of allylic oxidation sites excluding steroid dienone is 4. The van der Waals surface area contributed by atoms with E-state index in [9.17, 15) is 9.59 Å². The molecule has 6 unspecified atom stereocenters. The Morgan fingerprint density at radius 2 is 1.21 bits per heavy atom. The highest BCUT2D eigenvalue weighted by Crippen LogP contribution is 2.50. The lowest BCUT2D eigenvalue weighted by molar-refractivity contribution is -0.155. The number of esters is 2. The number of hydrogen-bond acceptors (Lipinski definition) is 4. The fourth-order valence-electron chi connectivity index (χ4n) is 4.90. The quantitative estimate of drug-likeness (QED) is 0.640. The zero-order chi connectivity index (χ0) is 20.8. The topological polar surface area (TPSA) is 52.6 Å². The maximum absolute atomic E-state index is 13.2. The van der Waals surface area contributed by atoms with Crippen LogP contribution in [0.5, 0.6) is 0 Å². The van der Waals surface area contributed by atoms with E-state index < -0.39 is 11.2 Å². The molecule has 0 spiro atoms. The minimum Gasteiger partial charge on any atom is -0.451 e. The van der Waals surface area contributed by atoms with Crippen LogP contribution >= 0.6 is 0 Å². The van der Waals surface area contributed by atoms with Gasteiger partial charge in [-0.3, -0.25) is 0 Å². The Labute approximate surface area is 173 Å². The summed E-state index contributed by atoms with van der Waals surface area (Å²) in [7, 11) is 0. The summed E-state index contributed by atoms with van der Waals surface area (Å²) in [5.74, 6) is -0.380. The lowest BCUT2D eigenvalue weighted by Crippen LogP contribution is -2.39. The van der Waals surface area contributed by atoms with Gasteiger partial charge in [-0.2, -0.15) is 0 Å². The molecule has 4 heteroatoms. The smallest absolute Gasteiger partial charge is 0.335 e. The Kier molecular flexibility index (Phi) is 4.92. The standard InChI is InChI=1S/C25H30O4/c1-16-9-5-7-13-24(16,3)28-22(26)20-18-11-12-19(15-18)21(20)23(27)29-25(4)14-8-6-10-17(25)2/h5-10,13-14,16-19H,11-12,15H2,1-4H3. The Bertz CT molecular complexity index is 803. The molecule has 0 aliphatic heterocycles. The summed E-state index contributed by atoms with van der Waals surface area (Å²) in [6, 6.07) is 0. The van der Waals surface area contributed by atoms with Crippen LogP contribution in [0.2, 0.25) is 0 Å². The zero-order valence-corrected chi connectivity index (χ0v) is 17.7. The Hall–Kier alpha value is -2.36. The van der Waals surface area contributed by atoms with Crippen LogP contribution in [-0.4, -0.2) is 23.1 Å². The van der Waals surface area contributed by atoms with Crippen molar-refractivity contribution in [3.05, 3.63) is 59.8 Å². The highest BCUT2D eigenvalue weighted by Gasteiger charge is 2.48. The lowest BCUT2D eigenvalue weighted by Gasteiger charge is -2.35. The van der Waals surface area contributed by atoms with E-state index in [-0.39, 0.29) is 35.6 Å². The van der Waals surface area contributed by atoms with Crippen molar-refractivity contribution in [2.75, 3.05) is 0 Å². The van der Waals surface area contributed by atoms with Crippen LogP contribution in [0.15, 0.2) is 59.8 Å². The highest BCUT2D eigenvalue weighted by molar-refractivity contribution is 6.03. The largest absolute Gasteiger partial charge is 0.451 e. The minimum absolute atomic E-state index is 0.0740. The second kappa shape index (κ2) is 7.16. The molecule has 154 valence electrons. The van der Waals surface area contributed by atoms with Crippen LogP contribution in [-0.2, 0) is 19.1 Å². The molecular formula is C25H30O4. The maximum atomic E-state index is 13.2. The molecule has 4 rings (SSSR count). The molecule has 0 aromatic carbocycles. The summed E-state index contributed by atoms with van der Waals surface area (Å²) in [6.45, 7) is 7.90. The van der Waals surface area contributed by atoms with E-state index in [2.05, 4.69) is 0 Å². The first-order valence-electron chi connectivity index (χ1n) is 10.7. The van der Waals surface area contributed by atoms with Crippen LogP contribution in [0, 0.1) is 23.7 Å². The molecule has 29 heavy (non-hydrogen) atoms. The lowest BCUT2D eigenvalue weighted by atomic mass is 9.85. The van der Waals surface area contributed by atoms with Crippen molar-refractivity contribution in [2.24, 2.45) is 23.7 Å².